The number of hydrogen-bond donors (Lipinski definition) is 2. The van der Waals surface area contributed by atoms with Gasteiger partial charge in [-0.05, 0) is 12.0 Å². The molecule has 1 aromatic rings. The molecule has 0 aliphatic carbocycles. The molecule has 86 valence electrons. The lowest BCUT2D eigenvalue weighted by molar-refractivity contribution is 0.249. The Bertz CT molecular complexity index is 360. The Hall–Kier alpha value is -1.84. The van der Waals surface area contributed by atoms with Crippen molar-refractivity contribution in [1.82, 2.24) is 5.43 Å². The van der Waals surface area contributed by atoms with Crippen molar-refractivity contribution < 1.29 is 4.79 Å². The van der Waals surface area contributed by atoms with E-state index in [1.54, 1.807) is 0 Å². The first-order chi connectivity index (χ1) is 7.72. The second-order valence-electron chi connectivity index (χ2n) is 3.57. The molecule has 2 amide bonds. The van der Waals surface area contributed by atoms with E-state index in [4.69, 9.17) is 5.73 Å². The van der Waals surface area contributed by atoms with Crippen molar-refractivity contribution in [3.8, 4) is 0 Å². The molecule has 0 saturated heterocycles. The predicted molar refractivity (Wildman–Crippen MR) is 65.2 cm³/mol. The first-order valence-corrected chi connectivity index (χ1v) is 5.37. The molecule has 16 heavy (non-hydrogen) atoms. The van der Waals surface area contributed by atoms with Gasteiger partial charge in [0.2, 0.25) is 0 Å². The Morgan fingerprint density at radius 3 is 2.62 bits per heavy atom. The zero-order valence-electron chi connectivity index (χ0n) is 9.44. The van der Waals surface area contributed by atoms with Gasteiger partial charge in [-0.15, -0.1) is 0 Å². The predicted octanol–water partition coefficient (Wildman–Crippen LogP) is 2.05. The maximum Gasteiger partial charge on any atom is 0.332 e. The number of hydrogen-bond acceptors (Lipinski definition) is 2. The third-order valence-electron chi connectivity index (χ3n) is 2.11. The molecule has 3 N–H and O–H groups in total. The third kappa shape index (κ3) is 4.59. The summed E-state index contributed by atoms with van der Waals surface area (Å²) in [5, 5.41) is 4.00. The van der Waals surface area contributed by atoms with Crippen LogP contribution in [0.15, 0.2) is 35.4 Å². The van der Waals surface area contributed by atoms with Crippen LogP contribution in [0.4, 0.5) is 4.79 Å². The zero-order chi connectivity index (χ0) is 11.8. The Kier molecular flexibility index (Phi) is 5.05. The highest BCUT2D eigenvalue weighted by Gasteiger charge is 2.01. The summed E-state index contributed by atoms with van der Waals surface area (Å²) >= 11 is 0. The highest BCUT2D eigenvalue weighted by atomic mass is 16.2. The van der Waals surface area contributed by atoms with Gasteiger partial charge in [0.1, 0.15) is 0 Å². The van der Waals surface area contributed by atoms with Gasteiger partial charge in [0.25, 0.3) is 0 Å². The number of nitrogens with zero attached hydrogens (tertiary/aromatic N) is 1. The summed E-state index contributed by atoms with van der Waals surface area (Å²) in [7, 11) is 0. The monoisotopic (exact) mass is 219 g/mol. The molecule has 0 aliphatic heterocycles. The number of urea groups is 1. The molecule has 0 aromatic heterocycles. The second-order valence-corrected chi connectivity index (χ2v) is 3.57. The van der Waals surface area contributed by atoms with E-state index in [1.165, 1.54) is 5.56 Å². The van der Waals surface area contributed by atoms with E-state index in [1.807, 2.05) is 30.3 Å². The van der Waals surface area contributed by atoms with Gasteiger partial charge in [-0.25, -0.2) is 10.2 Å². The van der Waals surface area contributed by atoms with Crippen molar-refractivity contribution in [3.05, 3.63) is 35.9 Å². The second kappa shape index (κ2) is 6.61. The summed E-state index contributed by atoms with van der Waals surface area (Å²) < 4.78 is 0. The largest absolute Gasteiger partial charge is 0.350 e. The minimum Gasteiger partial charge on any atom is -0.350 e. The van der Waals surface area contributed by atoms with E-state index >= 15 is 0 Å². The van der Waals surface area contributed by atoms with Crippen molar-refractivity contribution in [2.75, 3.05) is 0 Å². The quantitative estimate of drug-likeness (QED) is 0.577. The van der Waals surface area contributed by atoms with E-state index in [9.17, 15) is 4.79 Å². The van der Waals surface area contributed by atoms with Crippen LogP contribution < -0.4 is 11.2 Å². The van der Waals surface area contributed by atoms with Crippen LogP contribution >= 0.6 is 0 Å². The Morgan fingerprint density at radius 1 is 1.38 bits per heavy atom. The number of primary amides is 1. The van der Waals surface area contributed by atoms with E-state index in [0.29, 0.717) is 0 Å². The first kappa shape index (κ1) is 12.2. The SMILES string of the molecule is CCC/C(Cc1ccccc1)=N\NC(N)=O. The lowest BCUT2D eigenvalue weighted by atomic mass is 10.1. The summed E-state index contributed by atoms with van der Waals surface area (Å²) in [6.45, 7) is 2.07. The van der Waals surface area contributed by atoms with E-state index < -0.39 is 6.03 Å². The molecule has 4 heteroatoms. The molecule has 0 saturated carbocycles. The number of hydrazone groups is 1. The van der Waals surface area contributed by atoms with Gasteiger partial charge in [-0.2, -0.15) is 5.10 Å². The molecular formula is C12H17N3O. The van der Waals surface area contributed by atoms with Crippen LogP contribution in [0.3, 0.4) is 0 Å². The van der Waals surface area contributed by atoms with Gasteiger partial charge in [0.05, 0.1) is 0 Å². The van der Waals surface area contributed by atoms with Crippen molar-refractivity contribution in [1.29, 1.82) is 0 Å². The highest BCUT2D eigenvalue weighted by Crippen LogP contribution is 2.04. The molecule has 1 rings (SSSR count). The van der Waals surface area contributed by atoms with Gasteiger partial charge in [0.15, 0.2) is 0 Å². The van der Waals surface area contributed by atoms with Crippen LogP contribution in [0.1, 0.15) is 25.3 Å². The summed E-state index contributed by atoms with van der Waals surface area (Å²) in [5.74, 6) is 0. The molecular weight excluding hydrogens is 202 g/mol. The normalized spacial score (nSPS) is 11.2. The molecule has 0 spiro atoms. The van der Waals surface area contributed by atoms with E-state index in [2.05, 4.69) is 17.5 Å². The number of amides is 2. The van der Waals surface area contributed by atoms with Crippen molar-refractivity contribution in [2.24, 2.45) is 10.8 Å². The molecule has 1 aromatic carbocycles. The Morgan fingerprint density at radius 2 is 2.06 bits per heavy atom. The maximum absolute atomic E-state index is 10.6. The van der Waals surface area contributed by atoms with Gasteiger partial charge in [0, 0.05) is 12.1 Å². The first-order valence-electron chi connectivity index (χ1n) is 5.37. The average molecular weight is 219 g/mol. The number of nitrogens with one attached hydrogen (secondary N) is 1. The maximum atomic E-state index is 10.6. The van der Waals surface area contributed by atoms with E-state index in [0.717, 1.165) is 25.0 Å². The topological polar surface area (TPSA) is 67.5 Å². The molecule has 0 bridgehead atoms. The van der Waals surface area contributed by atoms with Crippen LogP contribution in [0.5, 0.6) is 0 Å². The fourth-order valence-electron chi connectivity index (χ4n) is 1.44. The summed E-state index contributed by atoms with van der Waals surface area (Å²) in [6.07, 6.45) is 2.59. The van der Waals surface area contributed by atoms with Crippen LogP contribution in [0.2, 0.25) is 0 Å². The molecule has 0 radical (unpaired) electrons. The molecule has 0 fully saturated rings. The summed E-state index contributed by atoms with van der Waals surface area (Å²) in [4.78, 5) is 10.6. The summed E-state index contributed by atoms with van der Waals surface area (Å²) in [6, 6.07) is 9.40. The molecule has 0 atom stereocenters. The van der Waals surface area contributed by atoms with Crippen LogP contribution in [0, 0.1) is 0 Å². The average Bonchev–Trinajstić information content (AvgIpc) is 2.27. The molecule has 0 unspecified atom stereocenters. The molecule has 4 nitrogen and oxygen atoms in total. The minimum atomic E-state index is -0.623. The third-order valence-corrected chi connectivity index (χ3v) is 2.11. The van der Waals surface area contributed by atoms with Gasteiger partial charge >= 0.3 is 6.03 Å². The number of benzene rings is 1. The van der Waals surface area contributed by atoms with Gasteiger partial charge < -0.3 is 5.73 Å². The lowest BCUT2D eigenvalue weighted by Crippen LogP contribution is -2.26. The van der Waals surface area contributed by atoms with Crippen molar-refractivity contribution in [3.63, 3.8) is 0 Å². The minimum absolute atomic E-state index is 0.623. The Labute approximate surface area is 95.5 Å². The fourth-order valence-corrected chi connectivity index (χ4v) is 1.44. The number of carbonyl (C=O) groups is 1. The van der Waals surface area contributed by atoms with E-state index in [-0.39, 0.29) is 0 Å². The van der Waals surface area contributed by atoms with Crippen LogP contribution in [0.25, 0.3) is 0 Å². The van der Waals surface area contributed by atoms with Crippen molar-refractivity contribution in [2.45, 2.75) is 26.2 Å². The lowest BCUT2D eigenvalue weighted by Gasteiger charge is -2.05. The number of rotatable bonds is 5. The van der Waals surface area contributed by atoms with Crippen molar-refractivity contribution >= 4 is 11.7 Å². The zero-order valence-corrected chi connectivity index (χ0v) is 9.44. The number of carbonyl (C=O) groups excluding carboxylic acids is 1. The summed E-state index contributed by atoms with van der Waals surface area (Å²) in [5.41, 5.74) is 9.37. The molecule has 0 heterocycles. The smallest absolute Gasteiger partial charge is 0.332 e. The molecule has 0 aliphatic rings. The standard InChI is InChI=1S/C12H17N3O/c1-2-6-11(14-15-12(13)16)9-10-7-4-3-5-8-10/h3-5,7-8H,2,6,9H2,1H3,(H3,13,15,16)/b14-11+. The van der Waals surface area contributed by atoms with Crippen LogP contribution in [-0.2, 0) is 6.42 Å². The number of nitrogens with two attached hydrogens (primary N) is 1. The van der Waals surface area contributed by atoms with Gasteiger partial charge in [-0.1, -0.05) is 43.7 Å². The fraction of sp³-hybridized carbons (Fsp3) is 0.333. The van der Waals surface area contributed by atoms with Gasteiger partial charge in [-0.3, -0.25) is 0 Å². The highest BCUT2D eigenvalue weighted by molar-refractivity contribution is 5.87. The Balaban J connectivity index is 2.64. The van der Waals surface area contributed by atoms with Crippen LogP contribution in [-0.4, -0.2) is 11.7 Å².